The number of benzene rings is 1. The number of methoxy groups -OCH3 is 1. The van der Waals surface area contributed by atoms with Gasteiger partial charge in [0.2, 0.25) is 0 Å². The number of ether oxygens (including phenoxy) is 1. The summed E-state index contributed by atoms with van der Waals surface area (Å²) in [6, 6.07) is 8.02. The average molecular weight is 289 g/mol. The van der Waals surface area contributed by atoms with Crippen LogP contribution in [0.1, 0.15) is 12.0 Å². The lowest BCUT2D eigenvalue weighted by Crippen LogP contribution is -2.24. The van der Waals surface area contributed by atoms with Crippen molar-refractivity contribution in [2.24, 2.45) is 5.73 Å². The van der Waals surface area contributed by atoms with Crippen LogP contribution in [0.25, 0.3) is 10.9 Å². The number of pyridine rings is 1. The minimum absolute atomic E-state index is 0.372. The van der Waals surface area contributed by atoms with Crippen LogP contribution in [0.2, 0.25) is 0 Å². The van der Waals surface area contributed by atoms with Crippen LogP contribution in [-0.4, -0.2) is 37.3 Å². The van der Waals surface area contributed by atoms with Gasteiger partial charge in [0, 0.05) is 38.9 Å². The first-order valence-corrected chi connectivity index (χ1v) is 6.93. The second-order valence-corrected chi connectivity index (χ2v) is 5.11. The standard InChI is InChI=1S/C15H19N3OS/c1-18(8-5-9-19-2)14-11-6-3-4-7-13(11)17-10-12(14)15(16)20/h3-4,6-7,10H,5,8-9H2,1-2H3,(H2,16,20). The van der Waals surface area contributed by atoms with Gasteiger partial charge in [0.15, 0.2) is 0 Å². The number of anilines is 1. The molecule has 2 rings (SSSR count). The topological polar surface area (TPSA) is 51.4 Å². The van der Waals surface area contributed by atoms with Crippen LogP contribution in [-0.2, 0) is 4.74 Å². The van der Waals surface area contributed by atoms with E-state index in [-0.39, 0.29) is 0 Å². The number of nitrogens with zero attached hydrogens (tertiary/aromatic N) is 2. The van der Waals surface area contributed by atoms with Gasteiger partial charge in [0.25, 0.3) is 0 Å². The Balaban J connectivity index is 2.46. The molecule has 1 aromatic heterocycles. The maximum absolute atomic E-state index is 5.84. The predicted octanol–water partition coefficient (Wildman–Crippen LogP) is 2.34. The summed E-state index contributed by atoms with van der Waals surface area (Å²) in [5, 5.41) is 1.07. The molecule has 0 atom stereocenters. The zero-order valence-corrected chi connectivity index (χ0v) is 12.6. The highest BCUT2D eigenvalue weighted by molar-refractivity contribution is 7.80. The fourth-order valence-corrected chi connectivity index (χ4v) is 2.43. The highest BCUT2D eigenvalue weighted by atomic mass is 32.1. The minimum atomic E-state index is 0.372. The predicted molar refractivity (Wildman–Crippen MR) is 87.4 cm³/mol. The molecule has 0 bridgehead atoms. The average Bonchev–Trinajstić information content (AvgIpc) is 2.46. The number of hydrogen-bond donors (Lipinski definition) is 1. The number of hydrogen-bond acceptors (Lipinski definition) is 4. The van der Waals surface area contributed by atoms with Crippen LogP contribution >= 0.6 is 12.2 Å². The van der Waals surface area contributed by atoms with Crippen molar-refractivity contribution in [3.63, 3.8) is 0 Å². The zero-order chi connectivity index (χ0) is 14.5. The van der Waals surface area contributed by atoms with Gasteiger partial charge in [-0.2, -0.15) is 0 Å². The van der Waals surface area contributed by atoms with Crippen molar-refractivity contribution in [1.29, 1.82) is 0 Å². The van der Waals surface area contributed by atoms with Crippen LogP contribution in [0.15, 0.2) is 30.5 Å². The van der Waals surface area contributed by atoms with E-state index < -0.39 is 0 Å². The second kappa shape index (κ2) is 6.63. The van der Waals surface area contributed by atoms with Gasteiger partial charge >= 0.3 is 0 Å². The van der Waals surface area contributed by atoms with Crippen LogP contribution in [0.3, 0.4) is 0 Å². The molecule has 0 unspecified atom stereocenters. The number of aromatic nitrogens is 1. The van der Waals surface area contributed by atoms with Crippen molar-refractivity contribution in [2.45, 2.75) is 6.42 Å². The Morgan fingerprint density at radius 2 is 2.15 bits per heavy atom. The van der Waals surface area contributed by atoms with Gasteiger partial charge < -0.3 is 15.4 Å². The number of rotatable bonds is 6. The van der Waals surface area contributed by atoms with Gasteiger partial charge in [0.1, 0.15) is 4.99 Å². The van der Waals surface area contributed by atoms with Gasteiger partial charge in [-0.3, -0.25) is 4.98 Å². The highest BCUT2D eigenvalue weighted by Crippen LogP contribution is 2.28. The molecule has 5 heteroatoms. The van der Waals surface area contributed by atoms with Crippen LogP contribution in [0.5, 0.6) is 0 Å². The molecule has 106 valence electrons. The molecule has 0 radical (unpaired) electrons. The quantitative estimate of drug-likeness (QED) is 0.653. The molecule has 1 heterocycles. The summed E-state index contributed by atoms with van der Waals surface area (Å²) < 4.78 is 5.10. The zero-order valence-electron chi connectivity index (χ0n) is 11.8. The van der Waals surface area contributed by atoms with E-state index in [0.717, 1.165) is 41.7 Å². The third-order valence-corrected chi connectivity index (χ3v) is 3.46. The lowest BCUT2D eigenvalue weighted by molar-refractivity contribution is 0.196. The maximum Gasteiger partial charge on any atom is 0.107 e. The summed E-state index contributed by atoms with van der Waals surface area (Å²) in [6.07, 6.45) is 2.70. The Kier molecular flexibility index (Phi) is 4.87. The van der Waals surface area contributed by atoms with Gasteiger partial charge in [-0.05, 0) is 12.5 Å². The lowest BCUT2D eigenvalue weighted by atomic mass is 10.1. The normalized spacial score (nSPS) is 10.7. The van der Waals surface area contributed by atoms with Gasteiger partial charge in [0.05, 0.1) is 16.8 Å². The Morgan fingerprint density at radius 1 is 1.40 bits per heavy atom. The van der Waals surface area contributed by atoms with E-state index in [2.05, 4.69) is 9.88 Å². The van der Waals surface area contributed by atoms with Crippen molar-refractivity contribution in [3.8, 4) is 0 Å². The smallest absolute Gasteiger partial charge is 0.107 e. The molecule has 20 heavy (non-hydrogen) atoms. The van der Waals surface area contributed by atoms with Crippen molar-refractivity contribution in [2.75, 3.05) is 32.2 Å². The summed E-state index contributed by atoms with van der Waals surface area (Å²) in [6.45, 7) is 1.60. The van der Waals surface area contributed by atoms with Crippen LogP contribution in [0, 0.1) is 0 Å². The van der Waals surface area contributed by atoms with Crippen molar-refractivity contribution >= 4 is 33.8 Å². The van der Waals surface area contributed by atoms with E-state index in [9.17, 15) is 0 Å². The molecule has 0 saturated heterocycles. The molecule has 0 fully saturated rings. The van der Waals surface area contributed by atoms with Crippen molar-refractivity contribution in [1.82, 2.24) is 4.98 Å². The molecule has 2 N–H and O–H groups in total. The molecule has 0 saturated carbocycles. The molecule has 0 aliphatic rings. The summed E-state index contributed by atoms with van der Waals surface area (Å²) in [5.41, 5.74) is 8.64. The monoisotopic (exact) mass is 289 g/mol. The number of fused-ring (bicyclic) bond motifs is 1. The first kappa shape index (κ1) is 14.7. The van der Waals surface area contributed by atoms with Crippen LogP contribution in [0.4, 0.5) is 5.69 Å². The van der Waals surface area contributed by atoms with E-state index in [1.165, 1.54) is 0 Å². The maximum atomic E-state index is 5.84. The van der Waals surface area contributed by atoms with E-state index in [1.54, 1.807) is 13.3 Å². The Labute approximate surface area is 124 Å². The molecule has 0 amide bonds. The Hall–Kier alpha value is -1.72. The van der Waals surface area contributed by atoms with Gasteiger partial charge in [-0.25, -0.2) is 0 Å². The van der Waals surface area contributed by atoms with E-state index in [1.807, 2.05) is 31.3 Å². The molecule has 0 aliphatic carbocycles. The van der Waals surface area contributed by atoms with Gasteiger partial charge in [-0.15, -0.1) is 0 Å². The summed E-state index contributed by atoms with van der Waals surface area (Å²) >= 11 is 5.15. The largest absolute Gasteiger partial charge is 0.389 e. The number of para-hydroxylation sites is 1. The third-order valence-electron chi connectivity index (χ3n) is 3.24. The summed E-state index contributed by atoms with van der Waals surface area (Å²) in [4.78, 5) is 6.96. The second-order valence-electron chi connectivity index (χ2n) is 4.67. The minimum Gasteiger partial charge on any atom is -0.389 e. The summed E-state index contributed by atoms with van der Waals surface area (Å²) in [5.74, 6) is 0. The molecular weight excluding hydrogens is 270 g/mol. The SMILES string of the molecule is COCCCN(C)c1c(C(N)=S)cnc2ccccc12. The summed E-state index contributed by atoms with van der Waals surface area (Å²) in [7, 11) is 3.75. The van der Waals surface area contributed by atoms with E-state index >= 15 is 0 Å². The first-order valence-electron chi connectivity index (χ1n) is 6.52. The lowest BCUT2D eigenvalue weighted by Gasteiger charge is -2.23. The fourth-order valence-electron chi connectivity index (χ4n) is 2.28. The Morgan fingerprint density at radius 3 is 2.85 bits per heavy atom. The number of nitrogens with two attached hydrogens (primary N) is 1. The highest BCUT2D eigenvalue weighted by Gasteiger charge is 2.14. The molecule has 0 spiro atoms. The Bertz CT molecular complexity index is 615. The number of thiocarbonyl (C=S) groups is 1. The third kappa shape index (κ3) is 3.05. The van der Waals surface area contributed by atoms with Crippen molar-refractivity contribution < 1.29 is 4.74 Å². The molecule has 0 aliphatic heterocycles. The molecular formula is C15H19N3OS. The molecule has 1 aromatic carbocycles. The van der Waals surface area contributed by atoms with Gasteiger partial charge in [-0.1, -0.05) is 30.4 Å². The van der Waals surface area contributed by atoms with Crippen molar-refractivity contribution in [3.05, 3.63) is 36.0 Å². The molecule has 4 nitrogen and oxygen atoms in total. The fraction of sp³-hybridized carbons (Fsp3) is 0.333. The first-order chi connectivity index (χ1) is 9.65. The molecule has 2 aromatic rings. The van der Waals surface area contributed by atoms with Crippen LogP contribution < -0.4 is 10.6 Å². The van der Waals surface area contributed by atoms with E-state index in [0.29, 0.717) is 4.99 Å². The van der Waals surface area contributed by atoms with E-state index in [4.69, 9.17) is 22.7 Å².